The van der Waals surface area contributed by atoms with Gasteiger partial charge in [0.05, 0.1) is 6.04 Å². The van der Waals surface area contributed by atoms with E-state index in [1.54, 1.807) is 0 Å². The van der Waals surface area contributed by atoms with Crippen molar-refractivity contribution in [1.29, 1.82) is 0 Å². The van der Waals surface area contributed by atoms with Crippen molar-refractivity contribution in [2.75, 3.05) is 5.33 Å². The summed E-state index contributed by atoms with van der Waals surface area (Å²) >= 11 is 3.29. The Labute approximate surface area is 63.9 Å². The molecule has 2 nitrogen and oxygen atoms in total. The van der Waals surface area contributed by atoms with E-state index in [9.17, 15) is 4.79 Å². The quantitative estimate of drug-likeness (QED) is 0.404. The van der Waals surface area contributed by atoms with Crippen molar-refractivity contribution in [3.05, 3.63) is 0 Å². The van der Waals surface area contributed by atoms with Crippen LogP contribution < -0.4 is 5.73 Å². The Bertz CT molecular complexity index is 77.5. The number of aldehydes is 1. The summed E-state index contributed by atoms with van der Waals surface area (Å²) < 4.78 is 0. The van der Waals surface area contributed by atoms with Crippen LogP contribution in [0, 0.1) is 0 Å². The van der Waals surface area contributed by atoms with Gasteiger partial charge < -0.3 is 10.5 Å². The lowest BCUT2D eigenvalue weighted by Gasteiger charge is -1.99. The van der Waals surface area contributed by atoms with Crippen LogP contribution in [-0.2, 0) is 4.79 Å². The second kappa shape index (κ2) is 6.23. The Kier molecular flexibility index (Phi) is 6.31. The standard InChI is InChI=1S/C6H12BrNO/c7-4-2-1-3-6(8)5-9/h5-6H,1-4,8H2/t6-/m0/s1. The van der Waals surface area contributed by atoms with Crippen molar-refractivity contribution in [1.82, 2.24) is 0 Å². The minimum atomic E-state index is -0.246. The summed E-state index contributed by atoms with van der Waals surface area (Å²) in [4.78, 5) is 9.96. The number of hydrogen-bond donors (Lipinski definition) is 1. The molecular formula is C6H12BrNO. The summed E-state index contributed by atoms with van der Waals surface area (Å²) in [5.74, 6) is 0. The highest BCUT2D eigenvalue weighted by Gasteiger charge is 1.96. The first-order chi connectivity index (χ1) is 4.31. The molecule has 0 rings (SSSR count). The lowest BCUT2D eigenvalue weighted by Crippen LogP contribution is -2.20. The Morgan fingerprint density at radius 1 is 1.56 bits per heavy atom. The molecule has 9 heavy (non-hydrogen) atoms. The van der Waals surface area contributed by atoms with Gasteiger partial charge in [-0.1, -0.05) is 22.4 Å². The van der Waals surface area contributed by atoms with Gasteiger partial charge in [0.1, 0.15) is 6.29 Å². The van der Waals surface area contributed by atoms with E-state index >= 15 is 0 Å². The first-order valence-corrected chi connectivity index (χ1v) is 4.20. The molecule has 0 aromatic carbocycles. The van der Waals surface area contributed by atoms with Crippen LogP contribution in [0.25, 0.3) is 0 Å². The minimum absolute atomic E-state index is 0.246. The second-order valence-electron chi connectivity index (χ2n) is 1.98. The highest BCUT2D eigenvalue weighted by atomic mass is 79.9. The van der Waals surface area contributed by atoms with E-state index in [0.29, 0.717) is 0 Å². The molecule has 0 bridgehead atoms. The molecule has 0 aromatic heterocycles. The zero-order chi connectivity index (χ0) is 7.11. The van der Waals surface area contributed by atoms with Crippen LogP contribution in [0.3, 0.4) is 0 Å². The van der Waals surface area contributed by atoms with Gasteiger partial charge in [0.2, 0.25) is 0 Å². The molecule has 3 heteroatoms. The van der Waals surface area contributed by atoms with Crippen molar-refractivity contribution in [2.24, 2.45) is 5.73 Å². The molecular weight excluding hydrogens is 182 g/mol. The van der Waals surface area contributed by atoms with Crippen molar-refractivity contribution >= 4 is 22.2 Å². The van der Waals surface area contributed by atoms with E-state index in [2.05, 4.69) is 15.9 Å². The molecule has 0 saturated carbocycles. The van der Waals surface area contributed by atoms with Gasteiger partial charge in [0.25, 0.3) is 0 Å². The number of unbranched alkanes of at least 4 members (excludes halogenated alkanes) is 1. The second-order valence-corrected chi connectivity index (χ2v) is 2.78. The van der Waals surface area contributed by atoms with E-state index in [1.807, 2.05) is 0 Å². The Morgan fingerprint density at radius 3 is 2.67 bits per heavy atom. The molecule has 54 valence electrons. The fourth-order valence-electron chi connectivity index (χ4n) is 0.543. The third kappa shape index (κ3) is 5.99. The first-order valence-electron chi connectivity index (χ1n) is 3.08. The minimum Gasteiger partial charge on any atom is -0.322 e. The van der Waals surface area contributed by atoms with Gasteiger partial charge in [-0.3, -0.25) is 0 Å². The van der Waals surface area contributed by atoms with Crippen molar-refractivity contribution in [3.8, 4) is 0 Å². The van der Waals surface area contributed by atoms with Gasteiger partial charge in [0.15, 0.2) is 0 Å². The van der Waals surface area contributed by atoms with Crippen molar-refractivity contribution < 1.29 is 4.79 Å². The molecule has 0 spiro atoms. The molecule has 0 aromatic rings. The van der Waals surface area contributed by atoms with Crippen LogP contribution in [0.2, 0.25) is 0 Å². The highest BCUT2D eigenvalue weighted by molar-refractivity contribution is 9.09. The number of nitrogens with two attached hydrogens (primary N) is 1. The maximum atomic E-state index is 9.96. The number of rotatable bonds is 5. The molecule has 0 aliphatic rings. The van der Waals surface area contributed by atoms with Crippen molar-refractivity contribution in [2.45, 2.75) is 25.3 Å². The molecule has 1 atom stereocenters. The van der Waals surface area contributed by atoms with E-state index < -0.39 is 0 Å². The lowest BCUT2D eigenvalue weighted by molar-refractivity contribution is -0.109. The fourth-order valence-corrected chi connectivity index (χ4v) is 0.939. The van der Waals surface area contributed by atoms with E-state index in [1.165, 1.54) is 0 Å². The van der Waals surface area contributed by atoms with E-state index in [-0.39, 0.29) is 6.04 Å². The maximum absolute atomic E-state index is 9.96. The van der Waals surface area contributed by atoms with Crippen LogP contribution in [0.1, 0.15) is 19.3 Å². The number of alkyl halides is 1. The maximum Gasteiger partial charge on any atom is 0.136 e. The summed E-state index contributed by atoms with van der Waals surface area (Å²) in [6.45, 7) is 0. The first kappa shape index (κ1) is 9.11. The Balaban J connectivity index is 2.96. The summed E-state index contributed by atoms with van der Waals surface area (Å²) in [7, 11) is 0. The van der Waals surface area contributed by atoms with Gasteiger partial charge in [-0.25, -0.2) is 0 Å². The van der Waals surface area contributed by atoms with Crippen molar-refractivity contribution in [3.63, 3.8) is 0 Å². The predicted molar refractivity (Wildman–Crippen MR) is 41.7 cm³/mol. The Hall–Kier alpha value is 0.110. The van der Waals surface area contributed by atoms with Crippen LogP contribution >= 0.6 is 15.9 Å². The highest BCUT2D eigenvalue weighted by Crippen LogP contribution is 1.99. The molecule has 0 saturated heterocycles. The Morgan fingerprint density at radius 2 is 2.22 bits per heavy atom. The van der Waals surface area contributed by atoms with Crippen LogP contribution in [-0.4, -0.2) is 17.7 Å². The molecule has 2 N–H and O–H groups in total. The fraction of sp³-hybridized carbons (Fsp3) is 0.833. The summed E-state index contributed by atoms with van der Waals surface area (Å²) in [5.41, 5.74) is 5.33. The molecule has 0 radical (unpaired) electrons. The van der Waals surface area contributed by atoms with Gasteiger partial charge in [-0.05, 0) is 12.8 Å². The van der Waals surface area contributed by atoms with Gasteiger partial charge in [0, 0.05) is 5.33 Å². The zero-order valence-electron chi connectivity index (χ0n) is 5.35. The third-order valence-electron chi connectivity index (χ3n) is 1.10. The average molecular weight is 194 g/mol. The van der Waals surface area contributed by atoms with Gasteiger partial charge in [-0.2, -0.15) is 0 Å². The predicted octanol–water partition coefficient (Wildman–Crippen LogP) is 1.08. The normalized spacial score (nSPS) is 13.1. The average Bonchev–Trinajstić information content (AvgIpc) is 1.89. The monoisotopic (exact) mass is 193 g/mol. The van der Waals surface area contributed by atoms with E-state index in [0.717, 1.165) is 30.9 Å². The topological polar surface area (TPSA) is 43.1 Å². The SMILES string of the molecule is N[C@H](C=O)CCCCBr. The smallest absolute Gasteiger partial charge is 0.136 e. The zero-order valence-corrected chi connectivity index (χ0v) is 6.93. The van der Waals surface area contributed by atoms with Gasteiger partial charge >= 0.3 is 0 Å². The number of carbonyl (C=O) groups excluding carboxylic acids is 1. The van der Waals surface area contributed by atoms with Gasteiger partial charge in [-0.15, -0.1) is 0 Å². The molecule has 0 heterocycles. The molecule has 0 fully saturated rings. The number of hydrogen-bond acceptors (Lipinski definition) is 2. The molecule has 0 aliphatic heterocycles. The third-order valence-corrected chi connectivity index (χ3v) is 1.66. The van der Waals surface area contributed by atoms with Crippen LogP contribution in [0.4, 0.5) is 0 Å². The lowest BCUT2D eigenvalue weighted by atomic mass is 10.1. The largest absolute Gasteiger partial charge is 0.322 e. The summed E-state index contributed by atoms with van der Waals surface area (Å²) in [6.07, 6.45) is 3.75. The summed E-state index contributed by atoms with van der Waals surface area (Å²) in [5, 5.41) is 0.999. The number of halogens is 1. The number of carbonyl (C=O) groups is 1. The van der Waals surface area contributed by atoms with E-state index in [4.69, 9.17) is 5.73 Å². The summed E-state index contributed by atoms with van der Waals surface area (Å²) in [6, 6.07) is -0.246. The molecule has 0 aliphatic carbocycles. The van der Waals surface area contributed by atoms with Crippen LogP contribution in [0.5, 0.6) is 0 Å². The van der Waals surface area contributed by atoms with Crippen LogP contribution in [0.15, 0.2) is 0 Å². The molecule has 0 amide bonds. The molecule has 0 unspecified atom stereocenters.